The first kappa shape index (κ1) is 26.8. The lowest BCUT2D eigenvalue weighted by molar-refractivity contribution is -0.191. The highest BCUT2D eigenvalue weighted by atomic mass is 79.9. The molecule has 5 aromatic rings. The van der Waals surface area contributed by atoms with Gasteiger partial charge in [0.2, 0.25) is 0 Å². The van der Waals surface area contributed by atoms with Gasteiger partial charge in [-0.3, -0.25) is 4.79 Å². The van der Waals surface area contributed by atoms with Crippen LogP contribution in [0.2, 0.25) is 0 Å². The highest BCUT2D eigenvalue weighted by Crippen LogP contribution is 2.25. The summed E-state index contributed by atoms with van der Waals surface area (Å²) in [6.07, 6.45) is 0.250. The van der Waals surface area contributed by atoms with Crippen LogP contribution in [0.4, 0.5) is 0 Å². The first-order valence-corrected chi connectivity index (χ1v) is 13.0. The van der Waals surface area contributed by atoms with Gasteiger partial charge in [-0.15, -0.1) is 0 Å². The van der Waals surface area contributed by atoms with E-state index in [9.17, 15) is 4.79 Å². The quantitative estimate of drug-likeness (QED) is 0.234. The van der Waals surface area contributed by atoms with Gasteiger partial charge in [0.1, 0.15) is 0 Å². The Morgan fingerprint density at radius 1 is 0.868 bits per heavy atom. The summed E-state index contributed by atoms with van der Waals surface area (Å²) >= 11 is 3.46. The molecule has 190 valence electrons. The smallest absolute Gasteiger partial charge is 0.346 e. The molecule has 38 heavy (non-hydrogen) atoms. The summed E-state index contributed by atoms with van der Waals surface area (Å²) in [6.45, 7) is 4.91. The van der Waals surface area contributed by atoms with Crippen molar-refractivity contribution >= 4 is 38.9 Å². The summed E-state index contributed by atoms with van der Waals surface area (Å²) in [4.78, 5) is 29.2. The monoisotopic (exact) mass is 566 g/mol. The van der Waals surface area contributed by atoms with Crippen molar-refractivity contribution in [1.82, 2.24) is 9.88 Å². The topological polar surface area (TPSA) is 68.2 Å². The second-order valence-electron chi connectivity index (χ2n) is 9.04. The van der Waals surface area contributed by atoms with Gasteiger partial charge >= 0.3 is 6.15 Å². The predicted octanol–water partition coefficient (Wildman–Crippen LogP) is 7.34. The molecule has 0 saturated heterocycles. The molecule has 5 nitrogen and oxygen atoms in total. The first-order chi connectivity index (χ1) is 18.4. The van der Waals surface area contributed by atoms with E-state index in [1.807, 2.05) is 49.4 Å². The molecule has 0 spiro atoms. The zero-order chi connectivity index (χ0) is 27.1. The van der Waals surface area contributed by atoms with Crippen molar-refractivity contribution in [2.24, 2.45) is 0 Å². The van der Waals surface area contributed by atoms with Crippen LogP contribution in [0.15, 0.2) is 108 Å². The molecular weight excluding hydrogens is 540 g/mol. The molecule has 0 bridgehead atoms. The van der Waals surface area contributed by atoms with E-state index in [0.717, 1.165) is 27.5 Å². The largest absolute Gasteiger partial charge is 0.373 e. The molecule has 0 unspecified atom stereocenters. The molecule has 6 heteroatoms. The summed E-state index contributed by atoms with van der Waals surface area (Å²) in [7, 11) is 0. The lowest BCUT2D eigenvalue weighted by Gasteiger charge is -2.15. The Labute approximate surface area is 230 Å². The number of nitrogens with zero attached hydrogens (tertiary/aromatic N) is 1. The van der Waals surface area contributed by atoms with E-state index >= 15 is 0 Å². The lowest BCUT2D eigenvalue weighted by atomic mass is 10.0. The van der Waals surface area contributed by atoms with Crippen LogP contribution in [0.1, 0.15) is 40.1 Å². The van der Waals surface area contributed by atoms with Crippen LogP contribution >= 0.6 is 15.9 Å². The van der Waals surface area contributed by atoms with Crippen LogP contribution in [0.3, 0.4) is 0 Å². The third-order valence-corrected chi connectivity index (χ3v) is 7.02. The van der Waals surface area contributed by atoms with Gasteiger partial charge in [-0.25, -0.2) is 0 Å². The van der Waals surface area contributed by atoms with E-state index in [0.29, 0.717) is 5.56 Å². The van der Waals surface area contributed by atoms with Gasteiger partial charge in [0.05, 0.1) is 6.04 Å². The average molecular weight is 567 g/mol. The van der Waals surface area contributed by atoms with Crippen molar-refractivity contribution in [2.75, 3.05) is 0 Å². The minimum absolute atomic E-state index is 0.0655. The molecule has 4 aromatic carbocycles. The molecule has 0 aliphatic rings. The maximum Gasteiger partial charge on any atom is 0.373 e. The number of hydrogen-bond acceptors (Lipinski definition) is 3. The standard InChI is InChI=1S/C31H27BrN2O.CO2/c1-21-18-28-19-27(31(35)33-22(2)24-12-15-29(32)16-13-24)14-17-30(28)34(21)20-23-8-10-26(11-9-23)25-6-4-3-5-7-25;2-1-3/h3-19,22H,20H2,1-2H3,(H,33,35);/t22-;/m0./s1. The van der Waals surface area contributed by atoms with E-state index in [1.165, 1.54) is 22.4 Å². The molecule has 1 amide bonds. The predicted molar refractivity (Wildman–Crippen MR) is 153 cm³/mol. The number of amides is 1. The van der Waals surface area contributed by atoms with Crippen molar-refractivity contribution < 1.29 is 14.4 Å². The van der Waals surface area contributed by atoms with Crippen molar-refractivity contribution in [3.05, 3.63) is 130 Å². The van der Waals surface area contributed by atoms with E-state index in [4.69, 9.17) is 9.59 Å². The molecule has 1 N–H and O–H groups in total. The Balaban J connectivity index is 0.00000107. The summed E-state index contributed by atoms with van der Waals surface area (Å²) in [6, 6.07) is 35.2. The van der Waals surface area contributed by atoms with E-state index in [2.05, 4.69) is 93.4 Å². The first-order valence-electron chi connectivity index (χ1n) is 12.2. The van der Waals surface area contributed by atoms with Crippen LogP contribution in [-0.2, 0) is 16.1 Å². The Bertz CT molecular complexity index is 1570. The number of hydrogen-bond donors (Lipinski definition) is 1. The summed E-state index contributed by atoms with van der Waals surface area (Å²) < 4.78 is 3.33. The highest BCUT2D eigenvalue weighted by molar-refractivity contribution is 9.10. The maximum absolute atomic E-state index is 12.9. The van der Waals surface area contributed by atoms with Crippen molar-refractivity contribution in [2.45, 2.75) is 26.4 Å². The molecule has 0 aliphatic heterocycles. The number of nitrogens with one attached hydrogen (secondary N) is 1. The second kappa shape index (κ2) is 12.3. The molecule has 5 rings (SSSR count). The molecule has 1 aromatic heterocycles. The zero-order valence-electron chi connectivity index (χ0n) is 21.1. The number of benzene rings is 4. The third kappa shape index (κ3) is 6.35. The van der Waals surface area contributed by atoms with Gasteiger partial charge in [0.25, 0.3) is 5.91 Å². The summed E-state index contributed by atoms with van der Waals surface area (Å²) in [5.41, 5.74) is 7.74. The fourth-order valence-electron chi connectivity index (χ4n) is 4.49. The SMILES string of the molecule is Cc1cc2cc(C(=O)N[C@@H](C)c3ccc(Br)cc3)ccc2n1Cc1ccc(-c2ccccc2)cc1.O=C=O. The van der Waals surface area contributed by atoms with Crippen LogP contribution < -0.4 is 5.32 Å². The van der Waals surface area contributed by atoms with Crippen LogP contribution in [0, 0.1) is 6.92 Å². The molecule has 0 fully saturated rings. The van der Waals surface area contributed by atoms with E-state index in [-0.39, 0.29) is 18.1 Å². The number of rotatable bonds is 6. The third-order valence-electron chi connectivity index (χ3n) is 6.49. The highest BCUT2D eigenvalue weighted by Gasteiger charge is 2.14. The van der Waals surface area contributed by atoms with Crippen LogP contribution in [-0.4, -0.2) is 16.6 Å². The Morgan fingerprint density at radius 2 is 1.50 bits per heavy atom. The Hall–Kier alpha value is -4.25. The van der Waals surface area contributed by atoms with Gasteiger partial charge in [0.15, 0.2) is 0 Å². The number of halogens is 1. The lowest BCUT2D eigenvalue weighted by Crippen LogP contribution is -2.26. The minimum atomic E-state index is -0.0727. The van der Waals surface area contributed by atoms with Crippen molar-refractivity contribution in [3.8, 4) is 11.1 Å². The number of aryl methyl sites for hydroxylation is 1. The number of aromatic nitrogens is 1. The molecule has 0 radical (unpaired) electrons. The number of fused-ring (bicyclic) bond motifs is 1. The molecule has 1 heterocycles. The summed E-state index contributed by atoms with van der Waals surface area (Å²) in [5.74, 6) is -0.0655. The zero-order valence-corrected chi connectivity index (χ0v) is 22.7. The minimum Gasteiger partial charge on any atom is -0.346 e. The van der Waals surface area contributed by atoms with Gasteiger partial charge in [-0.1, -0.05) is 82.7 Å². The van der Waals surface area contributed by atoms with Gasteiger partial charge in [-0.2, -0.15) is 9.59 Å². The average Bonchev–Trinajstić information content (AvgIpc) is 3.24. The van der Waals surface area contributed by atoms with Gasteiger partial charge in [0, 0.05) is 33.2 Å². The number of carbonyl (C=O) groups is 1. The molecular formula is C32H27BrN2O3. The van der Waals surface area contributed by atoms with Crippen LogP contribution in [0.25, 0.3) is 22.0 Å². The fourth-order valence-corrected chi connectivity index (χ4v) is 4.75. The van der Waals surface area contributed by atoms with Gasteiger partial charge in [-0.05, 0) is 72.5 Å². The molecule has 0 saturated carbocycles. The summed E-state index contributed by atoms with van der Waals surface area (Å²) in [5, 5.41) is 4.19. The van der Waals surface area contributed by atoms with Crippen molar-refractivity contribution in [1.29, 1.82) is 0 Å². The van der Waals surface area contributed by atoms with Crippen LogP contribution in [0.5, 0.6) is 0 Å². The fraction of sp³-hybridized carbons (Fsp3) is 0.125. The maximum atomic E-state index is 12.9. The van der Waals surface area contributed by atoms with E-state index < -0.39 is 0 Å². The van der Waals surface area contributed by atoms with Gasteiger partial charge < -0.3 is 9.88 Å². The normalized spacial score (nSPS) is 11.2. The molecule has 0 aliphatic carbocycles. The Morgan fingerprint density at radius 3 is 2.16 bits per heavy atom. The van der Waals surface area contributed by atoms with E-state index in [1.54, 1.807) is 0 Å². The van der Waals surface area contributed by atoms with Crippen molar-refractivity contribution in [3.63, 3.8) is 0 Å². The molecule has 1 atom stereocenters. The second-order valence-corrected chi connectivity index (χ2v) is 9.95. The Kier molecular flexibility index (Phi) is 8.70. The number of carbonyl (C=O) groups excluding carboxylic acids is 3.